The highest BCUT2D eigenvalue weighted by molar-refractivity contribution is 5.20. The van der Waals surface area contributed by atoms with Crippen LogP contribution in [0.4, 0.5) is 17.6 Å². The van der Waals surface area contributed by atoms with Crippen molar-refractivity contribution >= 4 is 0 Å². The summed E-state index contributed by atoms with van der Waals surface area (Å²) in [5, 5.41) is 15.4. The predicted octanol–water partition coefficient (Wildman–Crippen LogP) is 1.98. The third-order valence-electron chi connectivity index (χ3n) is 2.50. The van der Waals surface area contributed by atoms with Crippen molar-refractivity contribution in [3.05, 3.63) is 47.0 Å². The number of nitrogens with zero attached hydrogens (tertiary/aromatic N) is 3. The topological polar surface area (TPSA) is 50.9 Å². The fourth-order valence-electron chi connectivity index (χ4n) is 1.66. The van der Waals surface area contributed by atoms with Crippen LogP contribution in [0, 0.1) is 5.82 Å². The average molecular weight is 275 g/mol. The molecule has 1 aromatic carbocycles. The van der Waals surface area contributed by atoms with Crippen molar-refractivity contribution in [3.8, 4) is 0 Å². The molecule has 0 fully saturated rings. The van der Waals surface area contributed by atoms with Crippen molar-refractivity contribution in [2.24, 2.45) is 0 Å². The van der Waals surface area contributed by atoms with Gasteiger partial charge in [-0.05, 0) is 6.07 Å². The first-order chi connectivity index (χ1) is 8.93. The Bertz CT molecular complexity index is 580. The number of hydrogen-bond acceptors (Lipinski definition) is 3. The molecule has 0 bridgehead atoms. The van der Waals surface area contributed by atoms with Gasteiger partial charge in [0, 0.05) is 5.56 Å². The van der Waals surface area contributed by atoms with Gasteiger partial charge in [0.2, 0.25) is 0 Å². The Kier molecular flexibility index (Phi) is 3.52. The van der Waals surface area contributed by atoms with E-state index in [4.69, 9.17) is 5.11 Å². The van der Waals surface area contributed by atoms with Crippen LogP contribution in [0.1, 0.15) is 17.0 Å². The second kappa shape index (κ2) is 4.96. The van der Waals surface area contributed by atoms with E-state index in [1.807, 2.05) is 0 Å². The quantitative estimate of drug-likeness (QED) is 0.871. The summed E-state index contributed by atoms with van der Waals surface area (Å²) >= 11 is 0. The van der Waals surface area contributed by atoms with Gasteiger partial charge in [-0.15, -0.1) is 5.10 Å². The molecule has 4 nitrogen and oxygen atoms in total. The summed E-state index contributed by atoms with van der Waals surface area (Å²) in [6, 6.07) is 5.45. The first kappa shape index (κ1) is 13.5. The summed E-state index contributed by atoms with van der Waals surface area (Å²) in [5.41, 5.74) is -1.69. The van der Waals surface area contributed by atoms with Crippen molar-refractivity contribution in [1.82, 2.24) is 15.0 Å². The predicted molar refractivity (Wildman–Crippen MR) is 56.4 cm³/mol. The van der Waals surface area contributed by atoms with Crippen LogP contribution in [0.2, 0.25) is 0 Å². The van der Waals surface area contributed by atoms with Crippen molar-refractivity contribution in [2.75, 3.05) is 0 Å². The number of hydrogen-bond donors (Lipinski definition) is 1. The minimum absolute atomic E-state index is 0.0578. The lowest BCUT2D eigenvalue weighted by Crippen LogP contribution is -2.17. The minimum atomic E-state index is -4.72. The number of halogens is 4. The Labute approximate surface area is 105 Å². The number of aromatic nitrogens is 3. The fourth-order valence-corrected chi connectivity index (χ4v) is 1.66. The highest BCUT2D eigenvalue weighted by Crippen LogP contribution is 2.31. The lowest BCUT2D eigenvalue weighted by atomic mass is 10.2. The number of rotatable bonds is 3. The van der Waals surface area contributed by atoms with Gasteiger partial charge >= 0.3 is 6.18 Å². The zero-order chi connectivity index (χ0) is 14.0. The molecular weight excluding hydrogens is 266 g/mol. The van der Waals surface area contributed by atoms with E-state index in [-0.39, 0.29) is 5.56 Å². The van der Waals surface area contributed by atoms with Crippen LogP contribution >= 0.6 is 0 Å². The second-order valence-corrected chi connectivity index (χ2v) is 3.79. The summed E-state index contributed by atoms with van der Waals surface area (Å²) in [6.45, 7) is -1.29. The Balaban J connectivity index is 2.42. The van der Waals surface area contributed by atoms with Gasteiger partial charge in [0.25, 0.3) is 0 Å². The maximum atomic E-state index is 13.4. The molecule has 2 aromatic rings. The van der Waals surface area contributed by atoms with E-state index in [9.17, 15) is 17.6 Å². The van der Waals surface area contributed by atoms with Gasteiger partial charge in [0.1, 0.15) is 11.5 Å². The van der Waals surface area contributed by atoms with Crippen molar-refractivity contribution in [1.29, 1.82) is 0 Å². The molecule has 2 rings (SSSR count). The van der Waals surface area contributed by atoms with Gasteiger partial charge in [0.05, 0.1) is 13.2 Å². The molecule has 0 atom stereocenters. The molecule has 0 amide bonds. The summed E-state index contributed by atoms with van der Waals surface area (Å²) in [4.78, 5) is 0. The third-order valence-corrected chi connectivity index (χ3v) is 2.50. The molecule has 0 aliphatic heterocycles. The first-order valence-corrected chi connectivity index (χ1v) is 5.27. The summed E-state index contributed by atoms with van der Waals surface area (Å²) in [5.74, 6) is -0.628. The minimum Gasteiger partial charge on any atom is -0.390 e. The normalized spacial score (nSPS) is 11.8. The molecule has 0 aliphatic rings. The monoisotopic (exact) mass is 275 g/mol. The largest absolute Gasteiger partial charge is 0.435 e. The molecule has 0 unspecified atom stereocenters. The van der Waals surface area contributed by atoms with Crippen LogP contribution in [0.15, 0.2) is 24.3 Å². The standard InChI is InChI=1S/C11H9F4N3O/c12-8-4-2-1-3-7(8)5-18-10(11(13,14)15)9(6-19)16-17-18/h1-4,19H,5-6H2. The van der Waals surface area contributed by atoms with Crippen molar-refractivity contribution < 1.29 is 22.7 Å². The van der Waals surface area contributed by atoms with Crippen molar-refractivity contribution in [2.45, 2.75) is 19.3 Å². The van der Waals surface area contributed by atoms with E-state index >= 15 is 0 Å². The van der Waals surface area contributed by atoms with E-state index in [1.54, 1.807) is 0 Å². The van der Waals surface area contributed by atoms with Crippen molar-refractivity contribution in [3.63, 3.8) is 0 Å². The molecule has 1 heterocycles. The SMILES string of the molecule is OCc1nnn(Cc2ccccc2F)c1C(F)(F)F. The van der Waals surface area contributed by atoms with E-state index in [1.165, 1.54) is 18.2 Å². The Morgan fingerprint density at radius 3 is 2.47 bits per heavy atom. The molecule has 19 heavy (non-hydrogen) atoms. The molecule has 0 radical (unpaired) electrons. The van der Waals surface area contributed by atoms with Crippen LogP contribution in [-0.4, -0.2) is 20.1 Å². The number of alkyl halides is 3. The first-order valence-electron chi connectivity index (χ1n) is 5.27. The van der Waals surface area contributed by atoms with Crippen LogP contribution in [0.3, 0.4) is 0 Å². The number of aliphatic hydroxyl groups is 1. The molecule has 0 saturated heterocycles. The van der Waals surface area contributed by atoms with Gasteiger partial charge in [-0.2, -0.15) is 13.2 Å². The van der Waals surface area contributed by atoms with Gasteiger partial charge in [-0.25, -0.2) is 9.07 Å². The van der Waals surface area contributed by atoms with E-state index in [0.29, 0.717) is 4.68 Å². The second-order valence-electron chi connectivity index (χ2n) is 3.79. The Hall–Kier alpha value is -1.96. The third kappa shape index (κ3) is 2.73. The lowest BCUT2D eigenvalue weighted by Gasteiger charge is -2.11. The van der Waals surface area contributed by atoms with Gasteiger partial charge in [-0.1, -0.05) is 23.4 Å². The average Bonchev–Trinajstić information content (AvgIpc) is 2.75. The molecule has 8 heteroatoms. The van der Waals surface area contributed by atoms with E-state index in [0.717, 1.165) is 6.07 Å². The summed E-state index contributed by atoms with van der Waals surface area (Å²) in [6.07, 6.45) is -4.72. The number of benzene rings is 1. The van der Waals surface area contributed by atoms with Crippen LogP contribution < -0.4 is 0 Å². The Morgan fingerprint density at radius 2 is 1.89 bits per heavy atom. The van der Waals surface area contributed by atoms with Gasteiger partial charge in [0.15, 0.2) is 5.69 Å². The molecule has 0 saturated carbocycles. The van der Waals surface area contributed by atoms with E-state index < -0.39 is 36.5 Å². The molecule has 0 spiro atoms. The molecular formula is C11H9F4N3O. The Morgan fingerprint density at radius 1 is 1.21 bits per heavy atom. The smallest absolute Gasteiger partial charge is 0.390 e. The maximum Gasteiger partial charge on any atom is 0.435 e. The zero-order valence-electron chi connectivity index (χ0n) is 9.52. The fraction of sp³-hybridized carbons (Fsp3) is 0.273. The zero-order valence-corrected chi connectivity index (χ0v) is 9.52. The van der Waals surface area contributed by atoms with Gasteiger partial charge in [-0.3, -0.25) is 0 Å². The molecule has 1 aromatic heterocycles. The maximum absolute atomic E-state index is 13.4. The van der Waals surface area contributed by atoms with E-state index in [2.05, 4.69) is 10.3 Å². The summed E-state index contributed by atoms with van der Waals surface area (Å²) in [7, 11) is 0. The van der Waals surface area contributed by atoms with Gasteiger partial charge < -0.3 is 5.11 Å². The van der Waals surface area contributed by atoms with Crippen LogP contribution in [0.25, 0.3) is 0 Å². The van der Waals surface area contributed by atoms with Crippen LogP contribution in [-0.2, 0) is 19.3 Å². The highest BCUT2D eigenvalue weighted by atomic mass is 19.4. The molecule has 0 aliphatic carbocycles. The van der Waals surface area contributed by atoms with Crippen LogP contribution in [0.5, 0.6) is 0 Å². The number of aliphatic hydroxyl groups excluding tert-OH is 1. The molecule has 102 valence electrons. The molecule has 1 N–H and O–H groups in total. The highest BCUT2D eigenvalue weighted by Gasteiger charge is 2.39. The lowest BCUT2D eigenvalue weighted by molar-refractivity contribution is -0.145. The summed E-state index contributed by atoms with van der Waals surface area (Å²) < 4.78 is 52.4.